The van der Waals surface area contributed by atoms with Crippen LogP contribution in [0.2, 0.25) is 0 Å². The van der Waals surface area contributed by atoms with Crippen molar-refractivity contribution >= 4 is 17.4 Å². The molecule has 1 heterocycles. The number of carbonyl (C=O) groups excluding carboxylic acids is 1. The van der Waals surface area contributed by atoms with Crippen LogP contribution in [-0.2, 0) is 11.2 Å². The lowest BCUT2D eigenvalue weighted by atomic mass is 9.33. The lowest BCUT2D eigenvalue weighted by Crippen LogP contribution is -2.68. The average Bonchev–Trinajstić information content (AvgIpc) is 3.65. The van der Waals surface area contributed by atoms with E-state index in [1.165, 1.54) is 36.8 Å². The Morgan fingerprint density at radius 2 is 1.70 bits per heavy atom. The van der Waals surface area contributed by atoms with E-state index in [2.05, 4.69) is 80.1 Å². The molecule has 5 aliphatic carbocycles. The molecular formula is C39H53N5O3. The van der Waals surface area contributed by atoms with Gasteiger partial charge in [0.15, 0.2) is 5.82 Å². The monoisotopic (exact) mass is 639 g/mol. The van der Waals surface area contributed by atoms with E-state index in [0.717, 1.165) is 37.7 Å². The van der Waals surface area contributed by atoms with Crippen molar-refractivity contribution in [1.82, 2.24) is 25.9 Å². The number of aromatic nitrogens is 4. The molecule has 9 atom stereocenters. The molecule has 0 bridgehead atoms. The quantitative estimate of drug-likeness (QED) is 0.279. The van der Waals surface area contributed by atoms with Crippen molar-refractivity contribution in [3.8, 4) is 0 Å². The van der Waals surface area contributed by atoms with Crippen LogP contribution in [0.25, 0.3) is 5.57 Å². The first-order chi connectivity index (χ1) is 22.2. The van der Waals surface area contributed by atoms with Crippen molar-refractivity contribution in [3.05, 3.63) is 59.4 Å². The van der Waals surface area contributed by atoms with Gasteiger partial charge in [-0.2, -0.15) is 0 Å². The summed E-state index contributed by atoms with van der Waals surface area (Å²) in [6.45, 7) is 19.5. The number of nitrogens with one attached hydrogen (secondary N) is 2. The largest absolute Gasteiger partial charge is 0.478 e. The SMILES string of the molecule is C=C(C)[C@@H]1CC[C@]2(NC(=O)Cc3nnn[nH]3)CC[C@]3(C)[C@H](CC[C@@H]4[C@@]5(C)CC=C(c6ccc(C(=O)O)cc6)C(C)(C)[C@@H]5CC[C@]43C)[C@@H]12. The molecule has 252 valence electrons. The Balaban J connectivity index is 1.20. The minimum atomic E-state index is -0.879. The van der Waals surface area contributed by atoms with Gasteiger partial charge in [0, 0.05) is 5.54 Å². The third-order valence-electron chi connectivity index (χ3n) is 15.2. The molecular weight excluding hydrogens is 586 g/mol. The molecule has 4 fully saturated rings. The molecule has 1 aromatic carbocycles. The number of nitrogens with zero attached hydrogens (tertiary/aromatic N) is 3. The number of tetrazole rings is 1. The van der Waals surface area contributed by atoms with Gasteiger partial charge in [0.1, 0.15) is 0 Å². The fourth-order valence-electron chi connectivity index (χ4n) is 13.0. The van der Waals surface area contributed by atoms with Crippen molar-refractivity contribution in [1.29, 1.82) is 0 Å². The van der Waals surface area contributed by atoms with Gasteiger partial charge in [0.25, 0.3) is 0 Å². The molecule has 47 heavy (non-hydrogen) atoms. The summed E-state index contributed by atoms with van der Waals surface area (Å²) in [5.41, 5.74) is 4.48. The van der Waals surface area contributed by atoms with Gasteiger partial charge >= 0.3 is 5.97 Å². The van der Waals surface area contributed by atoms with E-state index in [4.69, 9.17) is 0 Å². The third kappa shape index (κ3) is 4.63. The molecule has 0 saturated heterocycles. The van der Waals surface area contributed by atoms with Gasteiger partial charge in [-0.15, -0.1) is 5.10 Å². The number of benzene rings is 1. The van der Waals surface area contributed by atoms with Gasteiger partial charge in [0.2, 0.25) is 5.91 Å². The van der Waals surface area contributed by atoms with Crippen LogP contribution in [0.5, 0.6) is 0 Å². The third-order valence-corrected chi connectivity index (χ3v) is 15.2. The fourth-order valence-corrected chi connectivity index (χ4v) is 13.0. The Kier molecular flexibility index (Phi) is 7.46. The molecule has 7 rings (SSSR count). The highest BCUT2D eigenvalue weighted by atomic mass is 16.4. The molecule has 0 unspecified atom stereocenters. The number of carbonyl (C=O) groups is 2. The first-order valence-corrected chi connectivity index (χ1v) is 17.9. The van der Waals surface area contributed by atoms with Crippen molar-refractivity contribution in [3.63, 3.8) is 0 Å². The molecule has 8 heteroatoms. The number of rotatable bonds is 6. The zero-order valence-corrected chi connectivity index (χ0v) is 29.2. The number of allylic oxidation sites excluding steroid dienone is 3. The number of carboxylic acid groups (broad SMARTS) is 1. The van der Waals surface area contributed by atoms with Crippen molar-refractivity contribution < 1.29 is 14.7 Å². The number of H-pyrrole nitrogens is 1. The summed E-state index contributed by atoms with van der Waals surface area (Å²) < 4.78 is 0. The highest BCUT2D eigenvalue weighted by Gasteiger charge is 2.70. The number of fused-ring (bicyclic) bond motifs is 7. The summed E-state index contributed by atoms with van der Waals surface area (Å²) >= 11 is 0. The summed E-state index contributed by atoms with van der Waals surface area (Å²) in [7, 11) is 0. The highest BCUT2D eigenvalue weighted by Crippen LogP contribution is 2.76. The summed E-state index contributed by atoms with van der Waals surface area (Å²) in [5, 5.41) is 27.1. The van der Waals surface area contributed by atoms with Crippen LogP contribution in [0.3, 0.4) is 0 Å². The molecule has 1 amide bonds. The highest BCUT2D eigenvalue weighted by molar-refractivity contribution is 5.88. The first-order valence-electron chi connectivity index (χ1n) is 17.9. The summed E-state index contributed by atoms with van der Waals surface area (Å²) in [6.07, 6.45) is 12.8. The molecule has 0 aliphatic heterocycles. The number of aromatic amines is 1. The molecule has 4 saturated carbocycles. The van der Waals surface area contributed by atoms with Crippen molar-refractivity contribution in [2.75, 3.05) is 0 Å². The number of hydrogen-bond donors (Lipinski definition) is 3. The Bertz CT molecular complexity index is 1610. The number of hydrogen-bond acceptors (Lipinski definition) is 5. The topological polar surface area (TPSA) is 121 Å². The minimum Gasteiger partial charge on any atom is -0.478 e. The Morgan fingerprint density at radius 1 is 0.957 bits per heavy atom. The van der Waals surface area contributed by atoms with Gasteiger partial charge in [0.05, 0.1) is 12.0 Å². The number of carboxylic acids is 1. The maximum atomic E-state index is 13.5. The second-order valence-corrected chi connectivity index (χ2v) is 17.3. The molecule has 8 nitrogen and oxygen atoms in total. The zero-order valence-electron chi connectivity index (χ0n) is 29.2. The Labute approximate surface area is 279 Å². The lowest BCUT2D eigenvalue weighted by Gasteiger charge is -2.72. The lowest BCUT2D eigenvalue weighted by molar-refractivity contribution is -0.219. The van der Waals surface area contributed by atoms with Crippen LogP contribution in [0.4, 0.5) is 0 Å². The number of amides is 1. The molecule has 5 aliphatic rings. The first kappa shape index (κ1) is 32.3. The van der Waals surface area contributed by atoms with Crippen LogP contribution >= 0.6 is 0 Å². The van der Waals surface area contributed by atoms with E-state index in [9.17, 15) is 14.7 Å². The van der Waals surface area contributed by atoms with E-state index in [1.54, 1.807) is 12.1 Å². The molecule has 1 aromatic heterocycles. The Hall–Kier alpha value is -3.29. The van der Waals surface area contributed by atoms with Crippen LogP contribution in [0, 0.1) is 51.2 Å². The average molecular weight is 640 g/mol. The fraction of sp³-hybridized carbons (Fsp3) is 0.667. The summed E-state index contributed by atoms with van der Waals surface area (Å²) in [5.74, 6) is 2.15. The predicted molar refractivity (Wildman–Crippen MR) is 182 cm³/mol. The van der Waals surface area contributed by atoms with E-state index < -0.39 is 5.97 Å². The van der Waals surface area contributed by atoms with E-state index >= 15 is 0 Å². The van der Waals surface area contributed by atoms with E-state index in [-0.39, 0.29) is 39.5 Å². The summed E-state index contributed by atoms with van der Waals surface area (Å²) in [4.78, 5) is 25.0. The predicted octanol–water partition coefficient (Wildman–Crippen LogP) is 7.66. The van der Waals surface area contributed by atoms with Gasteiger partial charge < -0.3 is 10.4 Å². The van der Waals surface area contributed by atoms with Gasteiger partial charge in [-0.1, -0.05) is 65.0 Å². The van der Waals surface area contributed by atoms with Gasteiger partial charge in [-0.05, 0) is 150 Å². The second-order valence-electron chi connectivity index (χ2n) is 17.3. The van der Waals surface area contributed by atoms with Crippen LogP contribution in [0.15, 0.2) is 42.5 Å². The maximum absolute atomic E-state index is 13.5. The van der Waals surface area contributed by atoms with Crippen molar-refractivity contribution in [2.45, 2.75) is 111 Å². The standard InChI is InChI=1S/C39H53N5O3/c1-23(2)26-14-19-39(40-32(45)22-31-41-43-44-42-31)21-20-37(6)28(33(26)39)12-13-30-36(5)17-15-27(24-8-10-25(11-9-24)34(46)47)35(3,4)29(36)16-18-38(30,37)7/h8-11,15,26,28-30,33H,1,12-14,16-22H2,2-7H3,(H,40,45)(H,46,47)(H,41,42,43,44)/t26-,28+,29-,30+,33+,36-,37+,38+,39-/m0/s1. The van der Waals surface area contributed by atoms with E-state index in [1.807, 2.05) is 12.1 Å². The molecule has 3 N–H and O–H groups in total. The van der Waals surface area contributed by atoms with Crippen LogP contribution < -0.4 is 5.32 Å². The zero-order chi connectivity index (χ0) is 33.6. The second kappa shape index (κ2) is 10.9. The maximum Gasteiger partial charge on any atom is 0.335 e. The molecule has 2 aromatic rings. The molecule has 0 spiro atoms. The van der Waals surface area contributed by atoms with E-state index in [0.29, 0.717) is 41.0 Å². The molecule has 0 radical (unpaired) electrons. The minimum absolute atomic E-state index is 0.0112. The van der Waals surface area contributed by atoms with Crippen LogP contribution in [-0.4, -0.2) is 43.1 Å². The number of aromatic carboxylic acids is 1. The van der Waals surface area contributed by atoms with Crippen molar-refractivity contribution in [2.24, 2.45) is 51.2 Å². The normalized spacial score (nSPS) is 40.2. The Morgan fingerprint density at radius 3 is 2.36 bits per heavy atom. The van der Waals surface area contributed by atoms with Gasteiger partial charge in [-0.3, -0.25) is 4.79 Å². The smallest absolute Gasteiger partial charge is 0.335 e. The van der Waals surface area contributed by atoms with Crippen LogP contribution in [0.1, 0.15) is 121 Å². The summed E-state index contributed by atoms with van der Waals surface area (Å²) in [6, 6.07) is 7.52. The van der Waals surface area contributed by atoms with Gasteiger partial charge in [-0.25, -0.2) is 9.89 Å².